The number of carbonyl (C=O) groups is 2. The van der Waals surface area contributed by atoms with Crippen LogP contribution in [0.4, 0.5) is 5.69 Å². The van der Waals surface area contributed by atoms with E-state index in [1.165, 1.54) is 0 Å². The lowest BCUT2D eigenvalue weighted by molar-refractivity contribution is 0.0589. The zero-order valence-corrected chi connectivity index (χ0v) is 16.9. The van der Waals surface area contributed by atoms with Crippen LogP contribution in [0, 0.1) is 6.92 Å². The van der Waals surface area contributed by atoms with Gasteiger partial charge in [-0.05, 0) is 42.8 Å². The van der Waals surface area contributed by atoms with Gasteiger partial charge in [-0.25, -0.2) is 0 Å². The van der Waals surface area contributed by atoms with E-state index >= 15 is 0 Å². The minimum absolute atomic E-state index is 0.0280. The average molecular weight is 403 g/mol. The van der Waals surface area contributed by atoms with Gasteiger partial charge in [-0.15, -0.1) is 0 Å². The summed E-state index contributed by atoms with van der Waals surface area (Å²) in [4.78, 5) is 29.7. The summed E-state index contributed by atoms with van der Waals surface area (Å²) in [6, 6.07) is 18.4. The molecule has 2 N–H and O–H groups in total. The van der Waals surface area contributed by atoms with Gasteiger partial charge in [0.2, 0.25) is 0 Å². The average Bonchev–Trinajstić information content (AvgIpc) is 3.32. The van der Waals surface area contributed by atoms with Gasteiger partial charge in [0.15, 0.2) is 0 Å². The van der Waals surface area contributed by atoms with Crippen LogP contribution in [0.5, 0.6) is 5.75 Å². The molecule has 0 unspecified atom stereocenters. The molecule has 1 saturated heterocycles. The molecule has 154 valence electrons. The Kier molecular flexibility index (Phi) is 5.84. The Labute approximate surface area is 175 Å². The fourth-order valence-electron chi connectivity index (χ4n) is 3.59. The fourth-order valence-corrected chi connectivity index (χ4v) is 3.59. The zero-order chi connectivity index (χ0) is 20.9. The van der Waals surface area contributed by atoms with Crippen molar-refractivity contribution >= 4 is 17.5 Å². The number of ether oxygens (including phenoxy) is 1. The smallest absolute Gasteiger partial charge is 0.270 e. The molecule has 0 spiro atoms. The number of rotatable bonds is 5. The van der Waals surface area contributed by atoms with Crippen molar-refractivity contribution in [1.82, 2.24) is 9.88 Å². The van der Waals surface area contributed by atoms with Gasteiger partial charge in [0.25, 0.3) is 11.8 Å². The van der Waals surface area contributed by atoms with Gasteiger partial charge in [-0.2, -0.15) is 0 Å². The zero-order valence-electron chi connectivity index (χ0n) is 16.9. The normalized spacial score (nSPS) is 14.4. The van der Waals surface area contributed by atoms with E-state index in [1.807, 2.05) is 54.3 Å². The second-order valence-electron chi connectivity index (χ2n) is 7.49. The molecule has 2 aromatic carbocycles. The van der Waals surface area contributed by atoms with Gasteiger partial charge >= 0.3 is 0 Å². The van der Waals surface area contributed by atoms with Crippen LogP contribution in [0.25, 0.3) is 0 Å². The topological polar surface area (TPSA) is 74.4 Å². The number of anilines is 1. The number of hydrogen-bond acceptors (Lipinski definition) is 3. The van der Waals surface area contributed by atoms with Crippen molar-refractivity contribution in [3.05, 3.63) is 83.7 Å². The van der Waals surface area contributed by atoms with Crippen molar-refractivity contribution in [3.8, 4) is 5.75 Å². The molecule has 2 amide bonds. The van der Waals surface area contributed by atoms with Crippen LogP contribution in [0.1, 0.15) is 39.3 Å². The number of carbonyl (C=O) groups excluding carboxylic acids is 2. The highest BCUT2D eigenvalue weighted by molar-refractivity contribution is 6.04. The maximum absolute atomic E-state index is 12.5. The summed E-state index contributed by atoms with van der Waals surface area (Å²) in [5.41, 5.74) is 2.94. The number of H-pyrrole nitrogens is 1. The Balaban J connectivity index is 1.36. The predicted octanol–water partition coefficient (Wildman–Crippen LogP) is 4.26. The van der Waals surface area contributed by atoms with Gasteiger partial charge in [-0.1, -0.05) is 24.3 Å². The first kappa shape index (κ1) is 19.8. The first-order chi connectivity index (χ1) is 14.6. The highest BCUT2D eigenvalue weighted by Crippen LogP contribution is 2.27. The lowest BCUT2D eigenvalue weighted by Crippen LogP contribution is -2.42. The van der Waals surface area contributed by atoms with Crippen molar-refractivity contribution in [3.63, 3.8) is 0 Å². The van der Waals surface area contributed by atoms with Gasteiger partial charge in [0.05, 0.1) is 0 Å². The quantitative estimate of drug-likeness (QED) is 0.668. The Morgan fingerprint density at radius 2 is 1.80 bits per heavy atom. The number of nitrogens with zero attached hydrogens (tertiary/aromatic N) is 1. The molecule has 0 bridgehead atoms. The monoisotopic (exact) mass is 403 g/mol. The van der Waals surface area contributed by atoms with Crippen LogP contribution in [-0.2, 0) is 0 Å². The van der Waals surface area contributed by atoms with Crippen LogP contribution in [0.15, 0.2) is 66.9 Å². The third-order valence-corrected chi connectivity index (χ3v) is 5.33. The molecule has 0 aliphatic carbocycles. The minimum atomic E-state index is -0.151. The van der Waals surface area contributed by atoms with Crippen LogP contribution in [0.3, 0.4) is 0 Å². The highest BCUT2D eigenvalue weighted by Gasteiger charge is 2.25. The molecule has 6 nitrogen and oxygen atoms in total. The largest absolute Gasteiger partial charge is 0.490 e. The summed E-state index contributed by atoms with van der Waals surface area (Å²) in [5.74, 6) is 0.636. The van der Waals surface area contributed by atoms with E-state index in [0.29, 0.717) is 30.0 Å². The number of likely N-dealkylation sites (tertiary alicyclic amines) is 1. The molecule has 3 aromatic rings. The van der Waals surface area contributed by atoms with Crippen molar-refractivity contribution < 1.29 is 14.3 Å². The van der Waals surface area contributed by atoms with Crippen LogP contribution < -0.4 is 10.1 Å². The number of benzene rings is 2. The van der Waals surface area contributed by atoms with Crippen molar-refractivity contribution in [2.45, 2.75) is 25.9 Å². The summed E-state index contributed by atoms with van der Waals surface area (Å²) in [6.07, 6.45) is 3.34. The first-order valence-corrected chi connectivity index (χ1v) is 10.2. The second kappa shape index (κ2) is 8.86. The maximum Gasteiger partial charge on any atom is 0.270 e. The summed E-state index contributed by atoms with van der Waals surface area (Å²) < 4.78 is 6.24. The molecular weight excluding hydrogens is 378 g/mol. The molecule has 1 aromatic heterocycles. The lowest BCUT2D eigenvalue weighted by atomic mass is 10.1. The van der Waals surface area contributed by atoms with Crippen LogP contribution >= 0.6 is 0 Å². The molecule has 1 aliphatic heterocycles. The number of aromatic amines is 1. The molecule has 0 radical (unpaired) electrons. The number of aromatic nitrogens is 1. The summed E-state index contributed by atoms with van der Waals surface area (Å²) in [6.45, 7) is 3.31. The lowest BCUT2D eigenvalue weighted by Gasteiger charge is -2.32. The third kappa shape index (κ3) is 4.54. The summed E-state index contributed by atoms with van der Waals surface area (Å²) >= 11 is 0. The highest BCUT2D eigenvalue weighted by atomic mass is 16.5. The third-order valence-electron chi connectivity index (χ3n) is 5.33. The first-order valence-electron chi connectivity index (χ1n) is 10.2. The Morgan fingerprint density at radius 1 is 1.03 bits per heavy atom. The van der Waals surface area contributed by atoms with E-state index in [0.717, 1.165) is 24.2 Å². The number of nitrogens with one attached hydrogen (secondary N) is 2. The van der Waals surface area contributed by atoms with E-state index in [-0.39, 0.29) is 17.9 Å². The van der Waals surface area contributed by atoms with Crippen LogP contribution in [0.2, 0.25) is 0 Å². The Hall–Kier alpha value is -3.54. The minimum Gasteiger partial charge on any atom is -0.490 e. The van der Waals surface area contributed by atoms with E-state index in [1.54, 1.807) is 24.4 Å². The molecule has 0 saturated carbocycles. The predicted molar refractivity (Wildman–Crippen MR) is 116 cm³/mol. The second-order valence-corrected chi connectivity index (χ2v) is 7.49. The van der Waals surface area contributed by atoms with Gasteiger partial charge in [-0.3, -0.25) is 9.59 Å². The maximum atomic E-state index is 12.5. The molecular formula is C24H25N3O3. The molecule has 4 rings (SSSR count). The number of amides is 2. The molecule has 30 heavy (non-hydrogen) atoms. The van der Waals surface area contributed by atoms with Crippen molar-refractivity contribution in [2.75, 3.05) is 18.4 Å². The molecule has 1 fully saturated rings. The number of aryl methyl sites for hydroxylation is 1. The molecule has 1 aliphatic rings. The van der Waals surface area contributed by atoms with Gasteiger partial charge in [0, 0.05) is 49.4 Å². The van der Waals surface area contributed by atoms with Gasteiger partial charge in [0.1, 0.15) is 17.5 Å². The standard InChI is InChI=1S/C24H25N3O3/c1-17-9-10-19(26-23(28)18-6-3-2-4-7-18)16-22(17)30-20-11-14-27(15-12-20)24(29)21-8-5-13-25-21/h2-10,13,16,20,25H,11-12,14-15H2,1H3,(H,26,28). The summed E-state index contributed by atoms with van der Waals surface area (Å²) in [5, 5.41) is 2.93. The van der Waals surface area contributed by atoms with E-state index in [2.05, 4.69) is 10.3 Å². The Morgan fingerprint density at radius 3 is 2.50 bits per heavy atom. The van der Waals surface area contributed by atoms with E-state index in [4.69, 9.17) is 4.74 Å². The van der Waals surface area contributed by atoms with E-state index in [9.17, 15) is 9.59 Å². The fraction of sp³-hybridized carbons (Fsp3) is 0.250. The Bertz CT molecular complexity index is 1010. The summed E-state index contributed by atoms with van der Waals surface area (Å²) in [7, 11) is 0. The SMILES string of the molecule is Cc1ccc(NC(=O)c2ccccc2)cc1OC1CCN(C(=O)c2ccc[nH]2)CC1. The van der Waals surface area contributed by atoms with E-state index < -0.39 is 0 Å². The molecule has 0 atom stereocenters. The molecule has 6 heteroatoms. The molecule has 2 heterocycles. The van der Waals surface area contributed by atoms with Crippen molar-refractivity contribution in [2.24, 2.45) is 0 Å². The van der Waals surface area contributed by atoms with Gasteiger partial charge < -0.3 is 19.9 Å². The van der Waals surface area contributed by atoms with Crippen LogP contribution in [-0.4, -0.2) is 40.9 Å². The number of hydrogen-bond donors (Lipinski definition) is 2. The number of piperidine rings is 1. The van der Waals surface area contributed by atoms with Crippen molar-refractivity contribution in [1.29, 1.82) is 0 Å².